The standard InChI is InChI=1S/C17H14N2O3S/c20-13-7-6-12(14(15(13)21)17-18-8-9-23-17)16(22)19-10-11-4-2-1-3-5-11/h1-7H,8-10H2,(H,19,22). The maximum atomic E-state index is 12.4. The summed E-state index contributed by atoms with van der Waals surface area (Å²) < 4.78 is 0. The molecule has 0 bridgehead atoms. The van der Waals surface area contributed by atoms with Gasteiger partial charge >= 0.3 is 0 Å². The van der Waals surface area contributed by atoms with Crippen LogP contribution in [0, 0.1) is 0 Å². The van der Waals surface area contributed by atoms with Gasteiger partial charge in [0, 0.05) is 18.8 Å². The molecule has 0 atom stereocenters. The van der Waals surface area contributed by atoms with E-state index >= 15 is 0 Å². The molecule has 116 valence electrons. The fourth-order valence-electron chi connectivity index (χ4n) is 2.32. The van der Waals surface area contributed by atoms with Gasteiger partial charge < -0.3 is 5.32 Å². The van der Waals surface area contributed by atoms with Crippen molar-refractivity contribution >= 4 is 34.3 Å². The van der Waals surface area contributed by atoms with Gasteiger partial charge in [0.15, 0.2) is 0 Å². The molecule has 0 unspecified atom stereocenters. The lowest BCUT2D eigenvalue weighted by atomic mass is 9.95. The van der Waals surface area contributed by atoms with Crippen LogP contribution in [0.2, 0.25) is 0 Å². The van der Waals surface area contributed by atoms with Gasteiger partial charge in [-0.1, -0.05) is 30.3 Å². The zero-order valence-corrected chi connectivity index (χ0v) is 13.1. The maximum Gasteiger partial charge on any atom is 0.252 e. The molecule has 0 spiro atoms. The first-order valence-electron chi connectivity index (χ1n) is 7.17. The van der Waals surface area contributed by atoms with Crippen molar-refractivity contribution in [1.29, 1.82) is 0 Å². The number of benzene rings is 1. The lowest BCUT2D eigenvalue weighted by Gasteiger charge is -2.14. The van der Waals surface area contributed by atoms with Gasteiger partial charge in [-0.15, -0.1) is 11.8 Å². The van der Waals surface area contributed by atoms with E-state index in [-0.39, 0.29) is 17.1 Å². The third kappa shape index (κ3) is 3.32. The van der Waals surface area contributed by atoms with E-state index in [0.29, 0.717) is 18.1 Å². The van der Waals surface area contributed by atoms with Gasteiger partial charge in [0.2, 0.25) is 11.6 Å². The highest BCUT2D eigenvalue weighted by atomic mass is 32.2. The van der Waals surface area contributed by atoms with E-state index in [1.807, 2.05) is 30.3 Å². The summed E-state index contributed by atoms with van der Waals surface area (Å²) in [6, 6.07) is 9.48. The molecule has 2 aliphatic rings. The summed E-state index contributed by atoms with van der Waals surface area (Å²) >= 11 is 1.40. The molecule has 1 aliphatic heterocycles. The highest BCUT2D eigenvalue weighted by Gasteiger charge is 2.31. The van der Waals surface area contributed by atoms with Gasteiger partial charge in [-0.05, 0) is 17.7 Å². The molecule has 1 N–H and O–H groups in total. The van der Waals surface area contributed by atoms with Crippen molar-refractivity contribution in [2.75, 3.05) is 12.3 Å². The Kier molecular flexibility index (Phi) is 4.52. The summed E-state index contributed by atoms with van der Waals surface area (Å²) in [6.07, 6.45) is 2.55. The van der Waals surface area contributed by atoms with E-state index in [1.165, 1.54) is 17.8 Å². The second-order valence-corrected chi connectivity index (χ2v) is 6.10. The maximum absolute atomic E-state index is 12.4. The van der Waals surface area contributed by atoms with Gasteiger partial charge in [-0.3, -0.25) is 19.4 Å². The predicted octanol–water partition coefficient (Wildman–Crippen LogP) is 1.45. The van der Waals surface area contributed by atoms with Crippen molar-refractivity contribution in [1.82, 2.24) is 5.32 Å². The summed E-state index contributed by atoms with van der Waals surface area (Å²) in [5, 5.41) is 3.27. The molecule has 3 rings (SSSR count). The summed E-state index contributed by atoms with van der Waals surface area (Å²) in [7, 11) is 0. The third-order valence-corrected chi connectivity index (χ3v) is 4.45. The average molecular weight is 326 g/mol. The number of Topliss-reactive ketones (excluding diaryl/α,β-unsaturated/α-hetero) is 1. The number of rotatable bonds is 4. The summed E-state index contributed by atoms with van der Waals surface area (Å²) in [4.78, 5) is 40.5. The zero-order valence-electron chi connectivity index (χ0n) is 12.2. The Labute approximate surface area is 137 Å². The minimum Gasteiger partial charge on any atom is -0.348 e. The molecule has 0 radical (unpaired) electrons. The van der Waals surface area contributed by atoms with Crippen LogP contribution < -0.4 is 5.32 Å². The minimum atomic E-state index is -0.662. The molecule has 1 amide bonds. The number of nitrogens with one attached hydrogen (secondary N) is 1. The topological polar surface area (TPSA) is 75.6 Å². The van der Waals surface area contributed by atoms with Crippen molar-refractivity contribution in [3.8, 4) is 0 Å². The van der Waals surface area contributed by atoms with E-state index in [0.717, 1.165) is 17.4 Å². The third-order valence-electron chi connectivity index (χ3n) is 3.46. The first-order valence-corrected chi connectivity index (χ1v) is 8.16. The van der Waals surface area contributed by atoms with Crippen molar-refractivity contribution in [3.05, 3.63) is 59.2 Å². The Bertz CT molecular complexity index is 763. The van der Waals surface area contributed by atoms with Gasteiger partial charge in [-0.2, -0.15) is 0 Å². The van der Waals surface area contributed by atoms with Gasteiger partial charge in [0.25, 0.3) is 5.91 Å². The van der Waals surface area contributed by atoms with Crippen LogP contribution in [0.25, 0.3) is 0 Å². The monoisotopic (exact) mass is 326 g/mol. The van der Waals surface area contributed by atoms with E-state index in [1.54, 1.807) is 0 Å². The van der Waals surface area contributed by atoms with Crippen molar-refractivity contribution in [3.63, 3.8) is 0 Å². The normalized spacial score (nSPS) is 17.5. The number of hydrogen-bond donors (Lipinski definition) is 1. The Morgan fingerprint density at radius 1 is 1.17 bits per heavy atom. The number of hydrogen-bond acceptors (Lipinski definition) is 5. The fraction of sp³-hybridized carbons (Fsp3) is 0.176. The molecular weight excluding hydrogens is 312 g/mol. The second-order valence-electron chi connectivity index (χ2n) is 5.02. The smallest absolute Gasteiger partial charge is 0.252 e. The SMILES string of the molecule is O=C1C=CC(C(=O)NCc2ccccc2)=C(C2=NCCS2)C1=O. The number of ketones is 2. The quantitative estimate of drug-likeness (QED) is 0.671. The van der Waals surface area contributed by atoms with Crippen LogP contribution >= 0.6 is 11.8 Å². The Morgan fingerprint density at radius 3 is 2.65 bits per heavy atom. The Morgan fingerprint density at radius 2 is 1.96 bits per heavy atom. The van der Waals surface area contributed by atoms with E-state index in [2.05, 4.69) is 10.3 Å². The number of carbonyl (C=O) groups is 3. The zero-order chi connectivity index (χ0) is 16.2. The number of carbonyl (C=O) groups excluding carboxylic acids is 3. The number of allylic oxidation sites excluding steroid dienone is 1. The summed E-state index contributed by atoms with van der Waals surface area (Å²) in [5.41, 5.74) is 1.29. The largest absolute Gasteiger partial charge is 0.348 e. The van der Waals surface area contributed by atoms with Crippen LogP contribution in [0.1, 0.15) is 5.56 Å². The molecule has 6 heteroatoms. The molecule has 0 fully saturated rings. The van der Waals surface area contributed by atoms with Crippen LogP contribution in [0.3, 0.4) is 0 Å². The number of aliphatic imine (C=N–C) groups is 1. The van der Waals surface area contributed by atoms with E-state index in [9.17, 15) is 14.4 Å². The molecule has 0 saturated carbocycles. The fourth-order valence-corrected chi connectivity index (χ4v) is 3.23. The van der Waals surface area contributed by atoms with Crippen LogP contribution in [0.5, 0.6) is 0 Å². The minimum absolute atomic E-state index is 0.130. The highest BCUT2D eigenvalue weighted by Crippen LogP contribution is 2.25. The van der Waals surface area contributed by atoms with Crippen molar-refractivity contribution < 1.29 is 14.4 Å². The molecule has 1 aliphatic carbocycles. The molecule has 1 aromatic carbocycles. The van der Waals surface area contributed by atoms with Gasteiger partial charge in [-0.25, -0.2) is 0 Å². The lowest BCUT2D eigenvalue weighted by Crippen LogP contribution is -2.31. The highest BCUT2D eigenvalue weighted by molar-refractivity contribution is 8.14. The molecule has 0 aromatic heterocycles. The van der Waals surface area contributed by atoms with Crippen LogP contribution in [-0.2, 0) is 20.9 Å². The summed E-state index contributed by atoms with van der Waals surface area (Å²) in [5.74, 6) is -0.903. The van der Waals surface area contributed by atoms with Crippen LogP contribution in [0.4, 0.5) is 0 Å². The summed E-state index contributed by atoms with van der Waals surface area (Å²) in [6.45, 7) is 0.944. The predicted molar refractivity (Wildman–Crippen MR) is 89.2 cm³/mol. The number of nitrogens with zero attached hydrogens (tertiary/aromatic N) is 1. The average Bonchev–Trinajstić information content (AvgIpc) is 3.10. The Balaban J connectivity index is 1.85. The van der Waals surface area contributed by atoms with Crippen LogP contribution in [0.15, 0.2) is 58.6 Å². The molecule has 1 heterocycles. The second kappa shape index (κ2) is 6.75. The van der Waals surface area contributed by atoms with Gasteiger partial charge in [0.05, 0.1) is 11.1 Å². The van der Waals surface area contributed by atoms with E-state index < -0.39 is 11.6 Å². The molecule has 5 nitrogen and oxygen atoms in total. The molecule has 0 saturated heterocycles. The lowest BCUT2D eigenvalue weighted by molar-refractivity contribution is -0.131. The van der Waals surface area contributed by atoms with Crippen molar-refractivity contribution in [2.45, 2.75) is 6.54 Å². The molecule has 23 heavy (non-hydrogen) atoms. The van der Waals surface area contributed by atoms with E-state index in [4.69, 9.17) is 0 Å². The van der Waals surface area contributed by atoms with Crippen LogP contribution in [-0.4, -0.2) is 34.8 Å². The molecule has 1 aromatic rings. The first-order chi connectivity index (χ1) is 11.2. The first kappa shape index (κ1) is 15.4. The number of amides is 1. The molecular formula is C17H14N2O3S. The van der Waals surface area contributed by atoms with Crippen molar-refractivity contribution in [2.24, 2.45) is 4.99 Å². The Hall–Kier alpha value is -2.47. The van der Waals surface area contributed by atoms with Gasteiger partial charge in [0.1, 0.15) is 5.04 Å². The number of thioether (sulfide) groups is 1.